The molecule has 1 aromatic carbocycles. The van der Waals surface area contributed by atoms with Gasteiger partial charge in [0.2, 0.25) is 0 Å². The van der Waals surface area contributed by atoms with Crippen molar-refractivity contribution >= 4 is 11.6 Å². The molecular formula is C16H21ClFNO. The van der Waals surface area contributed by atoms with Gasteiger partial charge in [0.15, 0.2) is 0 Å². The monoisotopic (exact) mass is 297 g/mol. The number of hydrogen-bond donors (Lipinski definition) is 1. The van der Waals surface area contributed by atoms with Crippen LogP contribution in [0.1, 0.15) is 31.7 Å². The van der Waals surface area contributed by atoms with E-state index < -0.39 is 0 Å². The van der Waals surface area contributed by atoms with Gasteiger partial charge < -0.3 is 10.1 Å². The van der Waals surface area contributed by atoms with E-state index in [1.54, 1.807) is 6.07 Å². The van der Waals surface area contributed by atoms with Crippen molar-refractivity contribution in [1.82, 2.24) is 5.32 Å². The first-order valence-corrected chi connectivity index (χ1v) is 7.76. The van der Waals surface area contributed by atoms with Gasteiger partial charge in [0.25, 0.3) is 0 Å². The summed E-state index contributed by atoms with van der Waals surface area (Å²) in [6.45, 7) is 3.82. The van der Waals surface area contributed by atoms with Gasteiger partial charge in [-0.15, -0.1) is 0 Å². The van der Waals surface area contributed by atoms with Crippen molar-refractivity contribution in [3.05, 3.63) is 34.6 Å². The number of nitrogens with one attached hydrogen (secondary N) is 1. The molecule has 3 rings (SSSR count). The Labute approximate surface area is 124 Å². The van der Waals surface area contributed by atoms with Gasteiger partial charge in [-0.3, -0.25) is 0 Å². The lowest BCUT2D eigenvalue weighted by Gasteiger charge is -2.33. The number of benzene rings is 1. The maximum absolute atomic E-state index is 13.6. The summed E-state index contributed by atoms with van der Waals surface area (Å²) in [6.07, 6.45) is 4.48. The second-order valence-electron chi connectivity index (χ2n) is 6.17. The number of halogens is 2. The van der Waals surface area contributed by atoms with Crippen LogP contribution in [0, 0.1) is 11.2 Å². The summed E-state index contributed by atoms with van der Waals surface area (Å²) in [5.41, 5.74) is 0.918. The van der Waals surface area contributed by atoms with Crippen molar-refractivity contribution in [2.24, 2.45) is 5.41 Å². The van der Waals surface area contributed by atoms with Crippen LogP contribution < -0.4 is 5.32 Å². The highest BCUT2D eigenvalue weighted by molar-refractivity contribution is 6.31. The topological polar surface area (TPSA) is 21.3 Å². The van der Waals surface area contributed by atoms with Gasteiger partial charge in [0.05, 0.1) is 11.1 Å². The molecule has 2 nitrogen and oxygen atoms in total. The molecule has 20 heavy (non-hydrogen) atoms. The number of ether oxygens (including phenoxy) is 1. The zero-order valence-corrected chi connectivity index (χ0v) is 12.5. The van der Waals surface area contributed by atoms with E-state index in [-0.39, 0.29) is 22.4 Å². The van der Waals surface area contributed by atoms with Gasteiger partial charge >= 0.3 is 0 Å². The minimum atomic E-state index is -0.332. The third kappa shape index (κ3) is 2.85. The maximum Gasteiger partial charge on any atom is 0.142 e. The minimum absolute atomic E-state index is 0.0278. The lowest BCUT2D eigenvalue weighted by molar-refractivity contribution is 0.0628. The average molecular weight is 298 g/mol. The number of hydrogen-bond acceptors (Lipinski definition) is 2. The van der Waals surface area contributed by atoms with Crippen LogP contribution in [0.5, 0.6) is 0 Å². The molecule has 1 heterocycles. The van der Waals surface area contributed by atoms with Crippen molar-refractivity contribution in [2.45, 2.75) is 44.8 Å². The Balaban J connectivity index is 1.80. The zero-order valence-electron chi connectivity index (χ0n) is 11.8. The van der Waals surface area contributed by atoms with E-state index in [1.165, 1.54) is 18.9 Å². The molecule has 110 valence electrons. The summed E-state index contributed by atoms with van der Waals surface area (Å²) in [4.78, 5) is 0. The first-order valence-electron chi connectivity index (χ1n) is 7.39. The van der Waals surface area contributed by atoms with Gasteiger partial charge in [0, 0.05) is 24.6 Å². The standard InChI is InChI=1S/C16H21ClFNO/c1-11-16(7-8-20-11,10-19-13-5-6-13)9-12-3-2-4-14(18)15(12)17/h2-4,11,13,19H,5-10H2,1H3. The van der Waals surface area contributed by atoms with Crippen LogP contribution in [0.15, 0.2) is 18.2 Å². The maximum atomic E-state index is 13.6. The van der Waals surface area contributed by atoms with Crippen molar-refractivity contribution in [3.63, 3.8) is 0 Å². The molecule has 1 aliphatic heterocycles. The third-order valence-corrected chi connectivity index (χ3v) is 5.15. The number of rotatable bonds is 5. The van der Waals surface area contributed by atoms with Crippen molar-refractivity contribution in [1.29, 1.82) is 0 Å². The highest BCUT2D eigenvalue weighted by Crippen LogP contribution is 2.40. The molecule has 4 heteroatoms. The highest BCUT2D eigenvalue weighted by Gasteiger charge is 2.42. The average Bonchev–Trinajstić information content (AvgIpc) is 3.19. The molecule has 1 aliphatic carbocycles. The largest absolute Gasteiger partial charge is 0.378 e. The Bertz CT molecular complexity index is 491. The Hall–Kier alpha value is -0.640. The fourth-order valence-electron chi connectivity index (χ4n) is 3.05. The first kappa shape index (κ1) is 14.3. The van der Waals surface area contributed by atoms with Gasteiger partial charge in [-0.2, -0.15) is 0 Å². The lowest BCUT2D eigenvalue weighted by atomic mass is 9.76. The van der Waals surface area contributed by atoms with Crippen LogP contribution in [0.2, 0.25) is 5.02 Å². The molecule has 0 radical (unpaired) electrons. The predicted octanol–water partition coefficient (Wildman–Crippen LogP) is 3.57. The normalized spacial score (nSPS) is 29.9. The molecule has 1 saturated carbocycles. The fraction of sp³-hybridized carbons (Fsp3) is 0.625. The Morgan fingerprint density at radius 2 is 2.25 bits per heavy atom. The highest BCUT2D eigenvalue weighted by atomic mass is 35.5. The molecule has 0 aromatic heterocycles. The van der Waals surface area contributed by atoms with E-state index in [9.17, 15) is 4.39 Å². The first-order chi connectivity index (χ1) is 9.61. The van der Waals surface area contributed by atoms with Crippen LogP contribution in [-0.2, 0) is 11.2 Å². The van der Waals surface area contributed by atoms with Crippen LogP contribution in [0.3, 0.4) is 0 Å². The van der Waals surface area contributed by atoms with Crippen molar-refractivity contribution < 1.29 is 9.13 Å². The quantitative estimate of drug-likeness (QED) is 0.897. The smallest absolute Gasteiger partial charge is 0.142 e. The summed E-state index contributed by atoms with van der Waals surface area (Å²) in [5, 5.41) is 3.87. The molecule has 1 saturated heterocycles. The molecule has 0 spiro atoms. The van der Waals surface area contributed by atoms with Gasteiger partial charge in [0.1, 0.15) is 5.82 Å². The van der Waals surface area contributed by atoms with Gasteiger partial charge in [-0.1, -0.05) is 23.7 Å². The van der Waals surface area contributed by atoms with Crippen LogP contribution in [0.25, 0.3) is 0 Å². The van der Waals surface area contributed by atoms with Crippen LogP contribution >= 0.6 is 11.6 Å². The molecule has 1 aromatic rings. The van der Waals surface area contributed by atoms with Crippen LogP contribution in [0.4, 0.5) is 4.39 Å². The summed E-state index contributed by atoms with van der Waals surface area (Å²) in [7, 11) is 0. The third-order valence-electron chi connectivity index (χ3n) is 4.72. The van der Waals surface area contributed by atoms with Crippen LogP contribution in [-0.4, -0.2) is 25.3 Å². The summed E-state index contributed by atoms with van der Waals surface area (Å²) in [6, 6.07) is 5.74. The van der Waals surface area contributed by atoms with E-state index in [4.69, 9.17) is 16.3 Å². The van der Waals surface area contributed by atoms with Gasteiger partial charge in [-0.05, 0) is 44.2 Å². The predicted molar refractivity (Wildman–Crippen MR) is 78.6 cm³/mol. The Kier molecular flexibility index (Phi) is 4.02. The van der Waals surface area contributed by atoms with Crippen molar-refractivity contribution in [2.75, 3.05) is 13.2 Å². The van der Waals surface area contributed by atoms with E-state index in [0.717, 1.165) is 31.6 Å². The van der Waals surface area contributed by atoms with E-state index in [1.807, 2.05) is 6.07 Å². The fourth-order valence-corrected chi connectivity index (χ4v) is 3.24. The molecule has 2 unspecified atom stereocenters. The molecule has 2 atom stereocenters. The zero-order chi connectivity index (χ0) is 14.2. The van der Waals surface area contributed by atoms with Crippen molar-refractivity contribution in [3.8, 4) is 0 Å². The van der Waals surface area contributed by atoms with E-state index in [0.29, 0.717) is 6.04 Å². The molecular weight excluding hydrogens is 277 g/mol. The lowest BCUT2D eigenvalue weighted by Crippen LogP contribution is -2.42. The summed E-state index contributed by atoms with van der Waals surface area (Å²) < 4.78 is 19.4. The molecule has 1 N–H and O–H groups in total. The van der Waals surface area contributed by atoms with E-state index in [2.05, 4.69) is 12.2 Å². The van der Waals surface area contributed by atoms with E-state index >= 15 is 0 Å². The van der Waals surface area contributed by atoms with Gasteiger partial charge in [-0.25, -0.2) is 4.39 Å². The molecule has 2 aliphatic rings. The molecule has 0 bridgehead atoms. The second kappa shape index (κ2) is 5.63. The Morgan fingerprint density at radius 1 is 1.45 bits per heavy atom. The summed E-state index contributed by atoms with van der Waals surface area (Å²) >= 11 is 6.12. The molecule has 0 amide bonds. The SMILES string of the molecule is CC1OCCC1(CNC1CC1)Cc1cccc(F)c1Cl. The Morgan fingerprint density at radius 3 is 2.90 bits per heavy atom. The molecule has 2 fully saturated rings. The summed E-state index contributed by atoms with van der Waals surface area (Å²) in [5.74, 6) is -0.332. The second-order valence-corrected chi connectivity index (χ2v) is 6.55. The minimum Gasteiger partial charge on any atom is -0.378 e.